The number of hydrogen-bond donors (Lipinski definition) is 1. The van der Waals surface area contributed by atoms with Crippen molar-refractivity contribution < 1.29 is 0 Å². The first-order valence-corrected chi connectivity index (χ1v) is 8.24. The Morgan fingerprint density at radius 2 is 2.00 bits per heavy atom. The number of fused-ring (bicyclic) bond motifs is 2. The topological polar surface area (TPSA) is 30.9 Å². The van der Waals surface area contributed by atoms with Crippen LogP contribution in [0.1, 0.15) is 11.1 Å². The molecule has 2 nitrogen and oxygen atoms in total. The third-order valence-electron chi connectivity index (χ3n) is 4.24. The van der Waals surface area contributed by atoms with Crippen molar-refractivity contribution in [2.24, 2.45) is 5.73 Å². The van der Waals surface area contributed by atoms with E-state index in [1.807, 2.05) is 11.8 Å². The molecule has 1 aliphatic rings. The van der Waals surface area contributed by atoms with Crippen molar-refractivity contribution in [3.8, 4) is 0 Å². The van der Waals surface area contributed by atoms with Gasteiger partial charge in [0.15, 0.2) is 0 Å². The average molecular weight is 294 g/mol. The second kappa shape index (κ2) is 5.24. The molecule has 0 saturated carbocycles. The molecule has 0 saturated heterocycles. The lowest BCUT2D eigenvalue weighted by Gasteiger charge is -2.11. The van der Waals surface area contributed by atoms with Crippen molar-refractivity contribution in [2.45, 2.75) is 29.7 Å². The van der Waals surface area contributed by atoms with E-state index in [1.165, 1.54) is 26.9 Å². The Morgan fingerprint density at radius 3 is 2.86 bits per heavy atom. The van der Waals surface area contributed by atoms with Gasteiger partial charge in [0.1, 0.15) is 0 Å². The Balaban J connectivity index is 1.62. The Kier molecular flexibility index (Phi) is 3.24. The summed E-state index contributed by atoms with van der Waals surface area (Å²) in [4.78, 5) is 1.45. The summed E-state index contributed by atoms with van der Waals surface area (Å²) in [5.74, 6) is 0. The van der Waals surface area contributed by atoms with E-state index in [1.54, 1.807) is 0 Å². The fourth-order valence-electron chi connectivity index (χ4n) is 3.20. The number of benzene rings is 2. The second-order valence-electron chi connectivity index (χ2n) is 5.57. The number of nitrogens with zero attached hydrogens (tertiary/aromatic N) is 1. The molecule has 2 heterocycles. The van der Waals surface area contributed by atoms with Gasteiger partial charge in [0, 0.05) is 40.3 Å². The molecule has 0 bridgehead atoms. The molecular weight excluding hydrogens is 276 g/mol. The van der Waals surface area contributed by atoms with Gasteiger partial charge in [-0.1, -0.05) is 30.3 Å². The van der Waals surface area contributed by atoms with Gasteiger partial charge in [0.2, 0.25) is 0 Å². The van der Waals surface area contributed by atoms with Gasteiger partial charge < -0.3 is 10.3 Å². The summed E-state index contributed by atoms with van der Waals surface area (Å²) in [6.07, 6.45) is 3.37. The highest BCUT2D eigenvalue weighted by Crippen LogP contribution is 2.38. The zero-order chi connectivity index (χ0) is 14.2. The minimum absolute atomic E-state index is 0.602. The van der Waals surface area contributed by atoms with E-state index in [0.717, 1.165) is 13.0 Å². The van der Waals surface area contributed by atoms with Crippen molar-refractivity contribution in [2.75, 3.05) is 0 Å². The van der Waals surface area contributed by atoms with Crippen molar-refractivity contribution in [1.29, 1.82) is 0 Å². The molecule has 4 rings (SSSR count). The molecule has 1 atom stereocenters. The highest BCUT2D eigenvalue weighted by Gasteiger charge is 2.22. The Labute approximate surface area is 129 Å². The van der Waals surface area contributed by atoms with Crippen LogP contribution in [0.3, 0.4) is 0 Å². The number of rotatable bonds is 3. The molecule has 2 N–H and O–H groups in total. The van der Waals surface area contributed by atoms with E-state index in [4.69, 9.17) is 5.73 Å². The van der Waals surface area contributed by atoms with E-state index in [-0.39, 0.29) is 0 Å². The monoisotopic (exact) mass is 294 g/mol. The van der Waals surface area contributed by atoms with Gasteiger partial charge >= 0.3 is 0 Å². The predicted octanol–water partition coefficient (Wildman–Crippen LogP) is 3.82. The zero-order valence-electron chi connectivity index (χ0n) is 11.8. The van der Waals surface area contributed by atoms with Crippen LogP contribution in [0.15, 0.2) is 59.6 Å². The fourth-order valence-corrected chi connectivity index (χ4v) is 4.52. The highest BCUT2D eigenvalue weighted by molar-refractivity contribution is 8.00. The van der Waals surface area contributed by atoms with Crippen molar-refractivity contribution >= 4 is 22.7 Å². The molecule has 0 aliphatic carbocycles. The summed E-state index contributed by atoms with van der Waals surface area (Å²) in [7, 11) is 0. The van der Waals surface area contributed by atoms with Crippen molar-refractivity contribution in [3.63, 3.8) is 0 Å². The standard InChI is InChI=1S/C18H18N2S/c19-11-14-5-3-6-17-16(14)8-9-20(17)12-15-10-13-4-1-2-7-18(13)21-15/h1-9,15H,10-12,19H2. The Morgan fingerprint density at radius 1 is 1.10 bits per heavy atom. The molecular formula is C18H18N2S. The minimum atomic E-state index is 0.602. The van der Waals surface area contributed by atoms with Crippen LogP contribution >= 0.6 is 11.8 Å². The molecule has 3 heteroatoms. The van der Waals surface area contributed by atoms with Crippen LogP contribution in [0, 0.1) is 0 Å². The van der Waals surface area contributed by atoms with Gasteiger partial charge in [-0.3, -0.25) is 0 Å². The average Bonchev–Trinajstić information content (AvgIpc) is 3.11. The molecule has 0 spiro atoms. The fraction of sp³-hybridized carbons (Fsp3) is 0.222. The van der Waals surface area contributed by atoms with Crippen LogP contribution in [0.5, 0.6) is 0 Å². The highest BCUT2D eigenvalue weighted by atomic mass is 32.2. The maximum Gasteiger partial charge on any atom is 0.0483 e. The van der Waals surface area contributed by atoms with Crippen LogP contribution in [0.25, 0.3) is 10.9 Å². The summed E-state index contributed by atoms with van der Waals surface area (Å²) >= 11 is 2.01. The summed E-state index contributed by atoms with van der Waals surface area (Å²) in [5.41, 5.74) is 9.86. The summed E-state index contributed by atoms with van der Waals surface area (Å²) in [6, 6.07) is 17.4. The van der Waals surface area contributed by atoms with Gasteiger partial charge in [-0.05, 0) is 35.7 Å². The number of nitrogens with two attached hydrogens (primary N) is 1. The molecule has 0 radical (unpaired) electrons. The smallest absolute Gasteiger partial charge is 0.0483 e. The maximum absolute atomic E-state index is 5.83. The Hall–Kier alpha value is -1.71. The number of hydrogen-bond acceptors (Lipinski definition) is 2. The number of aromatic nitrogens is 1. The van der Waals surface area contributed by atoms with E-state index in [2.05, 4.69) is 59.3 Å². The lowest BCUT2D eigenvalue weighted by Crippen LogP contribution is -2.11. The molecule has 1 unspecified atom stereocenters. The normalized spacial score (nSPS) is 17.3. The molecule has 21 heavy (non-hydrogen) atoms. The minimum Gasteiger partial charge on any atom is -0.346 e. The summed E-state index contributed by atoms with van der Waals surface area (Å²) in [6.45, 7) is 1.65. The third kappa shape index (κ3) is 2.27. The molecule has 1 aliphatic heterocycles. The van der Waals surface area contributed by atoms with E-state index < -0.39 is 0 Å². The van der Waals surface area contributed by atoms with E-state index in [9.17, 15) is 0 Å². The van der Waals surface area contributed by atoms with Gasteiger partial charge in [0.25, 0.3) is 0 Å². The largest absolute Gasteiger partial charge is 0.346 e. The van der Waals surface area contributed by atoms with Crippen molar-refractivity contribution in [3.05, 3.63) is 65.9 Å². The van der Waals surface area contributed by atoms with E-state index in [0.29, 0.717) is 11.8 Å². The van der Waals surface area contributed by atoms with E-state index >= 15 is 0 Å². The first-order chi connectivity index (χ1) is 10.3. The van der Waals surface area contributed by atoms with Gasteiger partial charge in [0.05, 0.1) is 0 Å². The van der Waals surface area contributed by atoms with Crippen molar-refractivity contribution in [1.82, 2.24) is 4.57 Å². The van der Waals surface area contributed by atoms with Crippen LogP contribution in [0.2, 0.25) is 0 Å². The molecule has 0 amide bonds. The van der Waals surface area contributed by atoms with Gasteiger partial charge in [-0.25, -0.2) is 0 Å². The summed E-state index contributed by atoms with van der Waals surface area (Å²) < 4.78 is 2.37. The lowest BCUT2D eigenvalue weighted by atomic mass is 10.1. The molecule has 0 fully saturated rings. The summed E-state index contributed by atoms with van der Waals surface area (Å²) in [5, 5.41) is 1.92. The molecule has 1 aromatic heterocycles. The van der Waals surface area contributed by atoms with Crippen LogP contribution < -0.4 is 5.73 Å². The van der Waals surface area contributed by atoms with Crippen LogP contribution in [0.4, 0.5) is 0 Å². The molecule has 2 aromatic carbocycles. The van der Waals surface area contributed by atoms with Crippen LogP contribution in [-0.2, 0) is 19.5 Å². The van der Waals surface area contributed by atoms with Gasteiger partial charge in [-0.2, -0.15) is 0 Å². The molecule has 3 aromatic rings. The predicted molar refractivity (Wildman–Crippen MR) is 89.6 cm³/mol. The first-order valence-electron chi connectivity index (χ1n) is 7.36. The maximum atomic E-state index is 5.83. The molecule has 106 valence electrons. The second-order valence-corrected chi connectivity index (χ2v) is 6.92. The third-order valence-corrected chi connectivity index (χ3v) is 5.54. The lowest BCUT2D eigenvalue weighted by molar-refractivity contribution is 0.685. The number of thioether (sulfide) groups is 1. The quantitative estimate of drug-likeness (QED) is 0.796. The zero-order valence-corrected chi connectivity index (χ0v) is 12.6. The first kappa shape index (κ1) is 13.0. The Bertz CT molecular complexity index is 766. The van der Waals surface area contributed by atoms with Crippen LogP contribution in [-0.4, -0.2) is 9.82 Å². The van der Waals surface area contributed by atoms with Gasteiger partial charge in [-0.15, -0.1) is 11.8 Å². The SMILES string of the molecule is NCc1cccc2c1ccn2CC1Cc2ccccc2S1.